The number of hydrogen-bond acceptors (Lipinski definition) is 5. The van der Waals surface area contributed by atoms with Gasteiger partial charge in [0.2, 0.25) is 11.6 Å². The highest BCUT2D eigenvalue weighted by atomic mass is 79.9. The quantitative estimate of drug-likeness (QED) is 0.815. The number of methoxy groups -OCH3 is 1. The Morgan fingerprint density at radius 3 is 2.76 bits per heavy atom. The summed E-state index contributed by atoms with van der Waals surface area (Å²) in [6.07, 6.45) is 0. The topological polar surface area (TPSA) is 65.2 Å². The Morgan fingerprint density at radius 2 is 2.24 bits per heavy atom. The van der Waals surface area contributed by atoms with Gasteiger partial charge in [0.05, 0.1) is 11.6 Å². The summed E-state index contributed by atoms with van der Waals surface area (Å²) in [7, 11) is 1.59. The third kappa shape index (κ3) is 2.36. The van der Waals surface area contributed by atoms with Crippen LogP contribution in [0.4, 0.5) is 0 Å². The van der Waals surface area contributed by atoms with E-state index in [1.165, 1.54) is 6.92 Å². The van der Waals surface area contributed by atoms with E-state index < -0.39 is 0 Å². The number of ketones is 1. The van der Waals surface area contributed by atoms with Crippen molar-refractivity contribution in [1.29, 1.82) is 0 Å². The minimum atomic E-state index is -0.253. The van der Waals surface area contributed by atoms with Crippen molar-refractivity contribution >= 4 is 21.7 Å². The number of ether oxygens (including phenoxy) is 1. The van der Waals surface area contributed by atoms with E-state index in [0.717, 1.165) is 10.0 Å². The molecule has 0 fully saturated rings. The standard InChI is InChI=1S/C11H9BrN2O3/c1-6(15)11-13-10(14-17-11)7-3-4-9(16-2)8(12)5-7/h3-5H,1-2H3. The summed E-state index contributed by atoms with van der Waals surface area (Å²) in [5.41, 5.74) is 0.744. The summed E-state index contributed by atoms with van der Waals surface area (Å²) >= 11 is 3.36. The number of rotatable bonds is 3. The Balaban J connectivity index is 2.39. The number of nitrogens with zero attached hydrogens (tertiary/aromatic N) is 2. The molecule has 88 valence electrons. The van der Waals surface area contributed by atoms with Crippen LogP contribution in [0.5, 0.6) is 5.75 Å². The van der Waals surface area contributed by atoms with Gasteiger partial charge in [-0.15, -0.1) is 0 Å². The van der Waals surface area contributed by atoms with Crippen molar-refractivity contribution in [1.82, 2.24) is 10.1 Å². The molecule has 0 aliphatic heterocycles. The first-order chi connectivity index (χ1) is 8.11. The molecule has 2 aromatic rings. The molecule has 1 heterocycles. The molecule has 0 N–H and O–H groups in total. The van der Waals surface area contributed by atoms with Crippen molar-refractivity contribution in [3.8, 4) is 17.1 Å². The smallest absolute Gasteiger partial charge is 0.294 e. The van der Waals surface area contributed by atoms with E-state index in [1.807, 2.05) is 0 Å². The third-order valence-corrected chi connectivity index (χ3v) is 2.76. The fourth-order valence-corrected chi connectivity index (χ4v) is 1.83. The van der Waals surface area contributed by atoms with Gasteiger partial charge in [-0.2, -0.15) is 4.98 Å². The number of Topliss-reactive ketones (excluding diaryl/α,β-unsaturated/α-hetero) is 1. The molecule has 0 aliphatic rings. The van der Waals surface area contributed by atoms with E-state index >= 15 is 0 Å². The number of aromatic nitrogens is 2. The normalized spacial score (nSPS) is 10.3. The Labute approximate surface area is 106 Å². The number of carbonyl (C=O) groups is 1. The number of carbonyl (C=O) groups excluding carboxylic acids is 1. The molecule has 1 aromatic carbocycles. The molecule has 0 radical (unpaired) electrons. The second-order valence-corrected chi connectivity index (χ2v) is 4.18. The highest BCUT2D eigenvalue weighted by Crippen LogP contribution is 2.29. The van der Waals surface area contributed by atoms with Crippen molar-refractivity contribution in [3.63, 3.8) is 0 Å². The predicted octanol–water partition coefficient (Wildman–Crippen LogP) is 2.71. The lowest BCUT2D eigenvalue weighted by Crippen LogP contribution is -1.91. The van der Waals surface area contributed by atoms with Gasteiger partial charge in [-0.25, -0.2) is 0 Å². The summed E-state index contributed by atoms with van der Waals surface area (Å²) in [6.45, 7) is 1.38. The van der Waals surface area contributed by atoms with Crippen LogP contribution in [-0.4, -0.2) is 23.0 Å². The maximum absolute atomic E-state index is 11.0. The van der Waals surface area contributed by atoms with E-state index in [2.05, 4.69) is 26.1 Å². The fraction of sp³-hybridized carbons (Fsp3) is 0.182. The van der Waals surface area contributed by atoms with Crippen molar-refractivity contribution in [2.45, 2.75) is 6.92 Å². The van der Waals surface area contributed by atoms with Crippen LogP contribution in [0.2, 0.25) is 0 Å². The summed E-state index contributed by atoms with van der Waals surface area (Å²) in [6, 6.07) is 5.37. The van der Waals surface area contributed by atoms with Gasteiger partial charge >= 0.3 is 0 Å². The summed E-state index contributed by atoms with van der Waals surface area (Å²) in [4.78, 5) is 15.0. The van der Waals surface area contributed by atoms with Crippen LogP contribution in [0.25, 0.3) is 11.4 Å². The van der Waals surface area contributed by atoms with Crippen LogP contribution >= 0.6 is 15.9 Å². The van der Waals surface area contributed by atoms with Crippen molar-refractivity contribution < 1.29 is 14.1 Å². The molecule has 0 aliphatic carbocycles. The maximum Gasteiger partial charge on any atom is 0.294 e. The summed E-state index contributed by atoms with van der Waals surface area (Å²) in [5, 5.41) is 3.74. The third-order valence-electron chi connectivity index (χ3n) is 2.14. The molecule has 0 amide bonds. The van der Waals surface area contributed by atoms with Gasteiger partial charge in [-0.3, -0.25) is 4.79 Å². The van der Waals surface area contributed by atoms with E-state index in [-0.39, 0.29) is 11.7 Å². The molecule has 6 heteroatoms. The fourth-order valence-electron chi connectivity index (χ4n) is 1.29. The number of halogens is 1. The molecule has 0 atom stereocenters. The Morgan fingerprint density at radius 1 is 1.47 bits per heavy atom. The summed E-state index contributed by atoms with van der Waals surface area (Å²) in [5.74, 6) is 0.839. The lowest BCUT2D eigenvalue weighted by Gasteiger charge is -2.03. The van der Waals surface area contributed by atoms with Crippen molar-refractivity contribution in [2.75, 3.05) is 7.11 Å². The Kier molecular flexibility index (Phi) is 3.23. The van der Waals surface area contributed by atoms with Gasteiger partial charge in [-0.1, -0.05) is 5.16 Å². The van der Waals surface area contributed by atoms with Crippen LogP contribution < -0.4 is 4.74 Å². The molecule has 5 nitrogen and oxygen atoms in total. The van der Waals surface area contributed by atoms with E-state index in [0.29, 0.717) is 11.6 Å². The maximum atomic E-state index is 11.0. The molecule has 0 unspecified atom stereocenters. The molecule has 0 spiro atoms. The van der Waals surface area contributed by atoms with E-state index in [4.69, 9.17) is 9.26 Å². The van der Waals surface area contributed by atoms with E-state index in [9.17, 15) is 4.79 Å². The van der Waals surface area contributed by atoms with Crippen molar-refractivity contribution in [3.05, 3.63) is 28.6 Å². The molecule has 2 rings (SSSR count). The molecule has 0 saturated heterocycles. The highest BCUT2D eigenvalue weighted by molar-refractivity contribution is 9.10. The number of hydrogen-bond donors (Lipinski definition) is 0. The Hall–Kier alpha value is -1.69. The zero-order valence-electron chi connectivity index (χ0n) is 9.23. The Bertz CT molecular complexity index is 566. The van der Waals surface area contributed by atoms with Gasteiger partial charge in [0.25, 0.3) is 5.89 Å². The van der Waals surface area contributed by atoms with Crippen LogP contribution in [0.3, 0.4) is 0 Å². The second kappa shape index (κ2) is 4.67. The van der Waals surface area contributed by atoms with Crippen molar-refractivity contribution in [2.24, 2.45) is 0 Å². The monoisotopic (exact) mass is 296 g/mol. The first-order valence-electron chi connectivity index (χ1n) is 4.80. The predicted molar refractivity (Wildman–Crippen MR) is 64.0 cm³/mol. The average molecular weight is 297 g/mol. The van der Waals surface area contributed by atoms with E-state index in [1.54, 1.807) is 25.3 Å². The minimum absolute atomic E-state index is 0.00643. The second-order valence-electron chi connectivity index (χ2n) is 3.33. The minimum Gasteiger partial charge on any atom is -0.496 e. The van der Waals surface area contributed by atoms with Crippen LogP contribution in [0, 0.1) is 0 Å². The van der Waals surface area contributed by atoms with Gasteiger partial charge in [-0.05, 0) is 34.1 Å². The van der Waals surface area contributed by atoms with Gasteiger partial charge in [0, 0.05) is 12.5 Å². The molecule has 0 bridgehead atoms. The van der Waals surface area contributed by atoms with Gasteiger partial charge < -0.3 is 9.26 Å². The lowest BCUT2D eigenvalue weighted by atomic mass is 10.2. The average Bonchev–Trinajstić information content (AvgIpc) is 2.78. The molecular weight excluding hydrogens is 288 g/mol. The zero-order valence-corrected chi connectivity index (χ0v) is 10.8. The van der Waals surface area contributed by atoms with Crippen LogP contribution in [0.1, 0.15) is 17.6 Å². The van der Waals surface area contributed by atoms with Crippen LogP contribution in [0.15, 0.2) is 27.2 Å². The molecular formula is C11H9BrN2O3. The van der Waals surface area contributed by atoms with Gasteiger partial charge in [0.1, 0.15) is 5.75 Å². The van der Waals surface area contributed by atoms with Crippen LogP contribution in [-0.2, 0) is 0 Å². The zero-order chi connectivity index (χ0) is 12.4. The van der Waals surface area contributed by atoms with Gasteiger partial charge in [0.15, 0.2) is 0 Å². The SMILES string of the molecule is COc1ccc(-c2noc(C(C)=O)n2)cc1Br. The highest BCUT2D eigenvalue weighted by Gasteiger charge is 2.13. The molecule has 1 aromatic heterocycles. The first kappa shape index (κ1) is 11.8. The lowest BCUT2D eigenvalue weighted by molar-refractivity contribution is 0.0972. The number of benzene rings is 1. The molecule has 0 saturated carbocycles. The summed E-state index contributed by atoms with van der Waals surface area (Å²) < 4.78 is 10.7. The first-order valence-corrected chi connectivity index (χ1v) is 5.59. The largest absolute Gasteiger partial charge is 0.496 e. The molecule has 17 heavy (non-hydrogen) atoms.